The molecule has 0 spiro atoms. The monoisotopic (exact) mass is 844 g/mol. The molecule has 9 rings (SSSR count). The molecule has 308 valence electrons. The first-order chi connectivity index (χ1) is 28.3. The molecule has 2 amide bonds. The van der Waals surface area contributed by atoms with Gasteiger partial charge in [0.25, 0.3) is 0 Å². The van der Waals surface area contributed by atoms with E-state index in [9.17, 15) is 18.4 Å². The fourth-order valence-corrected chi connectivity index (χ4v) is 7.86. The molecular weight excluding hydrogens is 801 g/mol. The number of carbonyl (C=O) groups is 2. The van der Waals surface area contributed by atoms with E-state index < -0.39 is 17.0 Å². The van der Waals surface area contributed by atoms with Gasteiger partial charge in [-0.2, -0.15) is 0 Å². The third-order valence-electron chi connectivity index (χ3n) is 10.7. The van der Waals surface area contributed by atoms with Crippen molar-refractivity contribution in [1.82, 2.24) is 49.7 Å². The number of halogens is 4. The lowest BCUT2D eigenvalue weighted by molar-refractivity contribution is -0.140. The van der Waals surface area contributed by atoms with Crippen LogP contribution < -0.4 is 10.6 Å². The lowest BCUT2D eigenvalue weighted by atomic mass is 9.93. The molecule has 2 saturated heterocycles. The summed E-state index contributed by atoms with van der Waals surface area (Å²) in [4.78, 5) is 60.4. The molecular formula is C41H44Cl2F2N12O2. The maximum Gasteiger partial charge on any atom is 0.228 e. The topological polar surface area (TPSA) is 174 Å². The van der Waals surface area contributed by atoms with Gasteiger partial charge in [-0.05, 0) is 50.7 Å². The Kier molecular flexibility index (Phi) is 11.4. The van der Waals surface area contributed by atoms with Gasteiger partial charge in [0.05, 0.1) is 22.4 Å². The van der Waals surface area contributed by atoms with Crippen molar-refractivity contribution in [3.8, 4) is 22.8 Å². The van der Waals surface area contributed by atoms with Gasteiger partial charge in [-0.25, -0.2) is 38.7 Å². The summed E-state index contributed by atoms with van der Waals surface area (Å²) in [6, 6.07) is 3.43. The lowest BCUT2D eigenvalue weighted by Gasteiger charge is -2.36. The SMILES string of the molecule is CC(C)(C)C(=O)N1CCC[C@H](Nc2nc(-c3c[nH]c4ncc(Cl)cc34)ncc2F)C1.O=C(C1CC1)N1CCC[C@H](Nc2nc(-c3c[nH]c4ncc(Cl)cc34)ncc2F)C1. The number of aromatic amines is 2. The van der Waals surface area contributed by atoms with Crippen LogP contribution in [0.2, 0.25) is 10.0 Å². The first kappa shape index (κ1) is 40.3. The summed E-state index contributed by atoms with van der Waals surface area (Å²) >= 11 is 12.1. The normalized spacial score (nSPS) is 18.4. The molecule has 59 heavy (non-hydrogen) atoms. The number of piperidine rings is 2. The van der Waals surface area contributed by atoms with Gasteiger partial charge in [-0.1, -0.05) is 44.0 Å². The quantitative estimate of drug-likeness (QED) is 0.124. The predicted octanol–water partition coefficient (Wildman–Crippen LogP) is 7.89. The Morgan fingerprint density at radius 1 is 0.712 bits per heavy atom. The molecule has 6 aromatic rings. The van der Waals surface area contributed by atoms with E-state index in [1.165, 1.54) is 0 Å². The van der Waals surface area contributed by atoms with Crippen LogP contribution in [-0.2, 0) is 9.59 Å². The van der Waals surface area contributed by atoms with Crippen molar-refractivity contribution >= 4 is 68.7 Å². The van der Waals surface area contributed by atoms with Crippen molar-refractivity contribution < 1.29 is 18.4 Å². The van der Waals surface area contributed by atoms with Crippen LogP contribution in [0.4, 0.5) is 20.4 Å². The number of nitrogens with zero attached hydrogens (tertiary/aromatic N) is 8. The van der Waals surface area contributed by atoms with Crippen molar-refractivity contribution in [2.45, 2.75) is 71.4 Å². The van der Waals surface area contributed by atoms with E-state index in [2.05, 4.69) is 50.5 Å². The number of fused-ring (bicyclic) bond motifs is 2. The van der Waals surface area contributed by atoms with Crippen LogP contribution in [-0.4, -0.2) is 99.7 Å². The number of hydrogen-bond acceptors (Lipinski definition) is 10. The van der Waals surface area contributed by atoms with Gasteiger partial charge >= 0.3 is 0 Å². The van der Waals surface area contributed by atoms with Crippen LogP contribution in [0.15, 0.2) is 49.3 Å². The zero-order chi connectivity index (χ0) is 41.4. The highest BCUT2D eigenvalue weighted by Gasteiger charge is 2.36. The molecule has 2 aliphatic heterocycles. The zero-order valence-electron chi connectivity index (χ0n) is 32.8. The molecule has 0 aromatic carbocycles. The van der Waals surface area contributed by atoms with Crippen molar-refractivity contribution in [3.63, 3.8) is 0 Å². The Morgan fingerprint density at radius 2 is 1.19 bits per heavy atom. The van der Waals surface area contributed by atoms with E-state index in [-0.39, 0.29) is 41.5 Å². The molecule has 1 aliphatic carbocycles. The van der Waals surface area contributed by atoms with Gasteiger partial charge in [0.15, 0.2) is 34.9 Å². The summed E-state index contributed by atoms with van der Waals surface area (Å²) in [5.74, 6) is 0.482. The van der Waals surface area contributed by atoms with Gasteiger partial charge in [0.2, 0.25) is 11.8 Å². The zero-order valence-corrected chi connectivity index (χ0v) is 34.3. The number of carbonyl (C=O) groups excluding carboxylic acids is 2. The minimum atomic E-state index is -0.533. The number of hydrogen-bond donors (Lipinski definition) is 4. The van der Waals surface area contributed by atoms with E-state index in [0.717, 1.165) is 74.8 Å². The van der Waals surface area contributed by atoms with Crippen molar-refractivity contribution in [1.29, 1.82) is 0 Å². The number of pyridine rings is 2. The fraction of sp³-hybridized carbons (Fsp3) is 0.415. The minimum Gasteiger partial charge on any atom is -0.363 e. The van der Waals surface area contributed by atoms with E-state index >= 15 is 0 Å². The highest BCUT2D eigenvalue weighted by atomic mass is 35.5. The number of anilines is 2. The number of aromatic nitrogens is 8. The molecule has 6 aromatic heterocycles. The first-order valence-electron chi connectivity index (χ1n) is 19.7. The Balaban J connectivity index is 0.000000164. The second-order valence-electron chi connectivity index (χ2n) is 16.3. The van der Waals surface area contributed by atoms with E-state index in [1.807, 2.05) is 30.6 Å². The Labute approximate surface area is 349 Å². The molecule has 1 saturated carbocycles. The van der Waals surface area contributed by atoms with Crippen LogP contribution in [0, 0.1) is 23.0 Å². The van der Waals surface area contributed by atoms with Crippen LogP contribution in [0.25, 0.3) is 44.8 Å². The maximum atomic E-state index is 14.5. The lowest BCUT2D eigenvalue weighted by Crippen LogP contribution is -2.49. The molecule has 3 aliphatic rings. The number of amides is 2. The predicted molar refractivity (Wildman–Crippen MR) is 223 cm³/mol. The van der Waals surface area contributed by atoms with Gasteiger partial charge in [-0.15, -0.1) is 0 Å². The van der Waals surface area contributed by atoms with Crippen molar-refractivity contribution in [2.24, 2.45) is 11.3 Å². The number of rotatable bonds is 7. The van der Waals surface area contributed by atoms with Crippen LogP contribution in [0.3, 0.4) is 0 Å². The standard InChI is InChI=1S/C21H24ClFN6O.C20H20ClFN6O/c1-21(2,3)20(30)29-6-4-5-13(11-29)27-19-16(23)10-26-18(28-19)15-9-25-17-14(15)7-12(22)8-24-17;21-12-6-14-15(8-24-17(14)23-7-12)18-25-9-16(22)19(27-18)26-13-2-1-5-28(10-13)20(29)11-3-4-11/h7-10,13H,4-6,11H2,1-3H3,(H,24,25)(H,26,27,28);6-9,11,13H,1-5,10H2,(H,23,24)(H,25,26,27)/t2*13-/m00/s1. The molecule has 4 N–H and O–H groups in total. The largest absolute Gasteiger partial charge is 0.363 e. The fourth-order valence-electron chi connectivity index (χ4n) is 7.55. The minimum absolute atomic E-state index is 0.0391. The van der Waals surface area contributed by atoms with Gasteiger partial charge in [-0.3, -0.25) is 9.59 Å². The second-order valence-corrected chi connectivity index (χ2v) is 17.2. The Bertz CT molecular complexity index is 2520. The molecule has 0 radical (unpaired) electrons. The molecule has 18 heteroatoms. The molecule has 0 bridgehead atoms. The molecule has 14 nitrogen and oxygen atoms in total. The highest BCUT2D eigenvalue weighted by molar-refractivity contribution is 6.31. The van der Waals surface area contributed by atoms with Gasteiger partial charge in [0.1, 0.15) is 11.3 Å². The van der Waals surface area contributed by atoms with Crippen molar-refractivity contribution in [3.05, 3.63) is 71.0 Å². The van der Waals surface area contributed by atoms with Crippen LogP contribution in [0.1, 0.15) is 59.3 Å². The first-order valence-corrected chi connectivity index (χ1v) is 20.5. The molecule has 2 atom stereocenters. The summed E-state index contributed by atoms with van der Waals surface area (Å²) in [5, 5.41) is 8.89. The third-order valence-corrected chi connectivity index (χ3v) is 11.1. The number of nitrogens with one attached hydrogen (secondary N) is 4. The summed E-state index contributed by atoms with van der Waals surface area (Å²) in [5.41, 5.74) is 2.26. The van der Waals surface area contributed by atoms with E-state index in [4.69, 9.17) is 23.2 Å². The van der Waals surface area contributed by atoms with Crippen LogP contribution in [0.5, 0.6) is 0 Å². The highest BCUT2D eigenvalue weighted by Crippen LogP contribution is 2.33. The van der Waals surface area contributed by atoms with E-state index in [1.54, 1.807) is 36.9 Å². The third kappa shape index (κ3) is 9.08. The molecule has 0 unspecified atom stereocenters. The number of likely N-dealkylation sites (tertiary alicyclic amines) is 2. The smallest absolute Gasteiger partial charge is 0.228 e. The molecule has 3 fully saturated rings. The summed E-state index contributed by atoms with van der Waals surface area (Å²) in [7, 11) is 0. The van der Waals surface area contributed by atoms with Gasteiger partial charge in [0, 0.05) is 96.3 Å². The van der Waals surface area contributed by atoms with Crippen molar-refractivity contribution in [2.75, 3.05) is 36.8 Å². The van der Waals surface area contributed by atoms with Crippen LogP contribution >= 0.6 is 23.2 Å². The Morgan fingerprint density at radius 3 is 1.66 bits per heavy atom. The Hall–Kier alpha value is -5.48. The summed E-state index contributed by atoms with van der Waals surface area (Å²) < 4.78 is 28.9. The van der Waals surface area contributed by atoms with Gasteiger partial charge < -0.3 is 30.4 Å². The summed E-state index contributed by atoms with van der Waals surface area (Å²) in [6.45, 7) is 8.30. The average Bonchev–Trinajstić information content (AvgIpc) is 3.86. The second kappa shape index (κ2) is 16.6. The number of H-pyrrole nitrogens is 2. The maximum absolute atomic E-state index is 14.5. The average molecular weight is 846 g/mol. The summed E-state index contributed by atoms with van der Waals surface area (Å²) in [6.07, 6.45) is 14.3. The van der Waals surface area contributed by atoms with E-state index in [0.29, 0.717) is 57.2 Å². The molecule has 8 heterocycles.